The fraction of sp³-hybridized carbons (Fsp3) is 0.450. The predicted octanol–water partition coefficient (Wildman–Crippen LogP) is 4.46. The Morgan fingerprint density at radius 2 is 1.78 bits per heavy atom. The third-order valence-corrected chi connectivity index (χ3v) is 6.30. The molecule has 0 radical (unpaired) electrons. The van der Waals surface area contributed by atoms with E-state index in [4.69, 9.17) is 4.52 Å². The van der Waals surface area contributed by atoms with Gasteiger partial charge in [-0.25, -0.2) is 9.24 Å². The number of hydrogen-bond donors (Lipinski definition) is 1. The summed E-state index contributed by atoms with van der Waals surface area (Å²) in [6, 6.07) is 11.6. The molecule has 1 heterocycles. The van der Waals surface area contributed by atoms with Crippen LogP contribution in [0.3, 0.4) is 0 Å². The second-order valence-electron chi connectivity index (χ2n) is 7.25. The van der Waals surface area contributed by atoms with E-state index in [9.17, 15) is 14.7 Å². The molecular formula is C20H28N3O3P. The first kappa shape index (κ1) is 21.4. The zero-order chi connectivity index (χ0) is 20.2. The van der Waals surface area contributed by atoms with Crippen LogP contribution in [0.5, 0.6) is 0 Å². The zero-order valence-electron chi connectivity index (χ0n) is 16.5. The normalized spacial score (nSPS) is 15.1. The van der Waals surface area contributed by atoms with Crippen molar-refractivity contribution in [3.8, 4) is 11.8 Å². The van der Waals surface area contributed by atoms with Crippen molar-refractivity contribution in [3.05, 3.63) is 53.9 Å². The van der Waals surface area contributed by atoms with Gasteiger partial charge in [0.05, 0.1) is 6.07 Å². The van der Waals surface area contributed by atoms with Gasteiger partial charge >= 0.3 is 7.75 Å². The van der Waals surface area contributed by atoms with Crippen molar-refractivity contribution in [2.75, 3.05) is 0 Å². The summed E-state index contributed by atoms with van der Waals surface area (Å²) in [7, 11) is -4.08. The molecular weight excluding hydrogens is 361 g/mol. The van der Waals surface area contributed by atoms with Crippen LogP contribution in [0.15, 0.2) is 42.7 Å². The Bertz CT molecular complexity index is 829. The van der Waals surface area contributed by atoms with Gasteiger partial charge < -0.3 is 9.46 Å². The van der Waals surface area contributed by atoms with Crippen LogP contribution in [-0.2, 0) is 15.5 Å². The van der Waals surface area contributed by atoms with E-state index in [0.29, 0.717) is 0 Å². The summed E-state index contributed by atoms with van der Waals surface area (Å²) in [5, 5.41) is 9.43. The first-order valence-electron chi connectivity index (χ1n) is 9.07. The lowest BCUT2D eigenvalue weighted by Crippen LogP contribution is -2.35. The van der Waals surface area contributed by atoms with Crippen molar-refractivity contribution in [3.63, 3.8) is 0 Å². The van der Waals surface area contributed by atoms with E-state index in [1.165, 1.54) is 10.2 Å². The largest absolute Gasteiger partial charge is 0.407 e. The molecule has 2 unspecified atom stereocenters. The number of aryl methyl sites for hydroxylation is 1. The smallest absolute Gasteiger partial charge is 0.324 e. The third kappa shape index (κ3) is 5.54. The Labute approximate surface area is 161 Å². The predicted molar refractivity (Wildman–Crippen MR) is 107 cm³/mol. The Balaban J connectivity index is 2.12. The maximum Gasteiger partial charge on any atom is 0.407 e. The molecule has 1 N–H and O–H groups in total. The molecule has 2 atom stereocenters. The van der Waals surface area contributed by atoms with E-state index in [2.05, 4.69) is 0 Å². The van der Waals surface area contributed by atoms with E-state index >= 15 is 0 Å². The van der Waals surface area contributed by atoms with Crippen molar-refractivity contribution >= 4 is 7.75 Å². The molecule has 2 rings (SSSR count). The monoisotopic (exact) mass is 389 g/mol. The molecule has 1 aromatic heterocycles. The Morgan fingerprint density at radius 1 is 1.19 bits per heavy atom. The summed E-state index contributed by atoms with van der Waals surface area (Å²) >= 11 is 0. The lowest BCUT2D eigenvalue weighted by atomic mass is 10.2. The number of nitriles is 1. The molecule has 146 valence electrons. The molecule has 0 aliphatic heterocycles. The van der Waals surface area contributed by atoms with Gasteiger partial charge in [0.2, 0.25) is 0 Å². The average Bonchev–Trinajstić information content (AvgIpc) is 3.01. The standard InChI is InChI=1S/C20H28N3O3P/c1-15(2)23(16(3)4)27(24,25)26-20(13-21)12-18-10-11-22(14-18)19-8-6-17(5)7-9-19/h6-11,14-16,20H,12H2,1-5H3,(H,24,25). The van der Waals surface area contributed by atoms with Crippen LogP contribution in [0.2, 0.25) is 0 Å². The third-order valence-electron chi connectivity index (χ3n) is 4.27. The molecule has 0 fully saturated rings. The molecule has 1 aromatic carbocycles. The van der Waals surface area contributed by atoms with Gasteiger partial charge in [-0.2, -0.15) is 5.26 Å². The maximum atomic E-state index is 12.7. The van der Waals surface area contributed by atoms with Crippen LogP contribution in [0, 0.1) is 18.3 Å². The molecule has 7 heteroatoms. The molecule has 0 saturated carbocycles. The Kier molecular flexibility index (Phi) is 7.02. The second-order valence-corrected chi connectivity index (χ2v) is 8.90. The topological polar surface area (TPSA) is 78.5 Å². The molecule has 0 spiro atoms. The summed E-state index contributed by atoms with van der Waals surface area (Å²) in [6.07, 6.45) is 3.05. The highest BCUT2D eigenvalue weighted by atomic mass is 31.2. The molecule has 6 nitrogen and oxygen atoms in total. The van der Waals surface area contributed by atoms with Gasteiger partial charge in [-0.3, -0.25) is 4.52 Å². The van der Waals surface area contributed by atoms with Crippen molar-refractivity contribution in [2.45, 2.75) is 59.2 Å². The number of hydrogen-bond acceptors (Lipinski definition) is 3. The SMILES string of the molecule is Cc1ccc(-n2ccc(CC(C#N)OP(=O)(O)N(C(C)C)C(C)C)c2)cc1. The van der Waals surface area contributed by atoms with E-state index in [0.717, 1.165) is 11.3 Å². The number of rotatable bonds is 8. The Morgan fingerprint density at radius 3 is 2.30 bits per heavy atom. The second kappa shape index (κ2) is 8.86. The molecule has 2 aromatic rings. The van der Waals surface area contributed by atoms with Crippen LogP contribution in [-0.4, -0.2) is 32.3 Å². The van der Waals surface area contributed by atoms with Gasteiger partial charge in [-0.05, 0) is 58.4 Å². The van der Waals surface area contributed by atoms with Crippen molar-refractivity contribution < 1.29 is 14.0 Å². The van der Waals surface area contributed by atoms with Crippen molar-refractivity contribution in [2.24, 2.45) is 0 Å². The number of benzene rings is 1. The molecule has 0 saturated heterocycles. The average molecular weight is 389 g/mol. The first-order valence-corrected chi connectivity index (χ1v) is 10.6. The van der Waals surface area contributed by atoms with Gasteiger partial charge in [0.15, 0.2) is 6.10 Å². The molecule has 0 aliphatic rings. The highest BCUT2D eigenvalue weighted by Crippen LogP contribution is 2.50. The van der Waals surface area contributed by atoms with Crippen LogP contribution in [0.4, 0.5) is 0 Å². The van der Waals surface area contributed by atoms with Crippen molar-refractivity contribution in [1.82, 2.24) is 9.24 Å². The minimum absolute atomic E-state index is 0.178. The Hall–Kier alpha value is -1.90. The molecule has 0 aliphatic carbocycles. The van der Waals surface area contributed by atoms with E-state index in [1.807, 2.05) is 88.0 Å². The fourth-order valence-electron chi connectivity index (χ4n) is 3.16. The van der Waals surface area contributed by atoms with E-state index < -0.39 is 13.9 Å². The lowest BCUT2D eigenvalue weighted by molar-refractivity contribution is 0.144. The zero-order valence-corrected chi connectivity index (χ0v) is 17.4. The quantitative estimate of drug-likeness (QED) is 0.675. The van der Waals surface area contributed by atoms with Gasteiger partial charge in [0, 0.05) is 36.6 Å². The summed E-state index contributed by atoms with van der Waals surface area (Å²) < 4.78 is 21.5. The highest BCUT2D eigenvalue weighted by molar-refractivity contribution is 7.50. The minimum atomic E-state index is -4.08. The fourth-order valence-corrected chi connectivity index (χ4v) is 4.89. The van der Waals surface area contributed by atoms with Crippen LogP contribution in [0.25, 0.3) is 5.69 Å². The highest BCUT2D eigenvalue weighted by Gasteiger charge is 2.36. The molecule has 0 amide bonds. The lowest BCUT2D eigenvalue weighted by Gasteiger charge is -2.33. The van der Waals surface area contributed by atoms with Gasteiger partial charge in [0.1, 0.15) is 0 Å². The maximum absolute atomic E-state index is 12.7. The number of nitrogens with zero attached hydrogens (tertiary/aromatic N) is 3. The van der Waals surface area contributed by atoms with Crippen LogP contribution >= 0.6 is 7.75 Å². The summed E-state index contributed by atoms with van der Waals surface area (Å²) in [5.74, 6) is 0. The van der Waals surface area contributed by atoms with Crippen LogP contribution in [0.1, 0.15) is 38.8 Å². The minimum Gasteiger partial charge on any atom is -0.324 e. The van der Waals surface area contributed by atoms with E-state index in [-0.39, 0.29) is 18.5 Å². The van der Waals surface area contributed by atoms with E-state index in [1.54, 1.807) is 0 Å². The van der Waals surface area contributed by atoms with Crippen molar-refractivity contribution in [1.29, 1.82) is 5.26 Å². The summed E-state index contributed by atoms with van der Waals surface area (Å²) in [6.45, 7) is 9.35. The first-order chi connectivity index (χ1) is 12.6. The van der Waals surface area contributed by atoms with Gasteiger partial charge in [-0.15, -0.1) is 0 Å². The molecule has 27 heavy (non-hydrogen) atoms. The molecule has 0 bridgehead atoms. The van der Waals surface area contributed by atoms with Crippen LogP contribution < -0.4 is 0 Å². The number of aromatic nitrogens is 1. The summed E-state index contributed by atoms with van der Waals surface area (Å²) in [5.41, 5.74) is 3.06. The van der Waals surface area contributed by atoms with Gasteiger partial charge in [-0.1, -0.05) is 17.7 Å². The summed E-state index contributed by atoms with van der Waals surface area (Å²) in [4.78, 5) is 10.4. The van der Waals surface area contributed by atoms with Gasteiger partial charge in [0.25, 0.3) is 0 Å².